The highest BCUT2D eigenvalue weighted by Crippen LogP contribution is 2.34. The molecule has 26 heavy (non-hydrogen) atoms. The number of nitrogens with zero attached hydrogens (tertiary/aromatic N) is 2. The quantitative estimate of drug-likeness (QED) is 0.164. The smallest absolute Gasteiger partial charge is 0.308 e. The summed E-state index contributed by atoms with van der Waals surface area (Å²) in [5.41, 5.74) is 4.16. The topological polar surface area (TPSA) is 103 Å². The van der Waals surface area contributed by atoms with Crippen LogP contribution in [-0.2, 0) is 4.79 Å². The number of nitro benzene ring substituents is 1. The molecular weight excluding hydrogens is 453 g/mol. The summed E-state index contributed by atoms with van der Waals surface area (Å²) in [6.07, 6.45) is 1.57. The maximum atomic E-state index is 11.2. The van der Waals surface area contributed by atoms with Crippen LogP contribution in [0.5, 0.6) is 11.5 Å². The monoisotopic (exact) mass is 469 g/mol. The minimum Gasteiger partial charge on any atom is -0.490 e. The first-order valence-electron chi connectivity index (χ1n) is 7.59. The molecule has 9 heteroatoms. The zero-order chi connectivity index (χ0) is 19.1. The summed E-state index contributed by atoms with van der Waals surface area (Å²) in [6, 6.07) is 9.42. The number of carbonyl (C=O) groups excluding carboxylic acids is 1. The Kier molecular flexibility index (Phi) is 6.89. The fraction of sp³-hybridized carbons (Fsp3) is 0.176. The van der Waals surface area contributed by atoms with Crippen LogP contribution >= 0.6 is 22.6 Å². The van der Waals surface area contributed by atoms with Crippen molar-refractivity contribution in [2.45, 2.75) is 13.8 Å². The van der Waals surface area contributed by atoms with Crippen LogP contribution in [0.3, 0.4) is 0 Å². The van der Waals surface area contributed by atoms with Crippen molar-refractivity contribution in [2.75, 3.05) is 12.0 Å². The molecule has 0 radical (unpaired) electrons. The van der Waals surface area contributed by atoms with Gasteiger partial charge in [0.25, 0.3) is 5.69 Å². The standard InChI is InChI=1S/C17H16IN3O5/c1-3-25-16-9-12(8-15(18)17(16)26-11(2)22)10-19-20-13-4-6-14(7-5-13)21(23)24/h4-10,20H,3H2,1-2H3/b19-10-. The molecule has 2 rings (SSSR count). The summed E-state index contributed by atoms with van der Waals surface area (Å²) in [4.78, 5) is 21.4. The second-order valence-corrected chi connectivity index (χ2v) is 6.19. The van der Waals surface area contributed by atoms with Crippen LogP contribution < -0.4 is 14.9 Å². The number of esters is 1. The normalized spacial score (nSPS) is 10.6. The van der Waals surface area contributed by atoms with Gasteiger partial charge in [0.1, 0.15) is 0 Å². The van der Waals surface area contributed by atoms with E-state index in [4.69, 9.17) is 9.47 Å². The highest BCUT2D eigenvalue weighted by atomic mass is 127. The van der Waals surface area contributed by atoms with Gasteiger partial charge in [-0.05, 0) is 59.3 Å². The zero-order valence-corrected chi connectivity index (χ0v) is 16.2. The number of non-ortho nitro benzene ring substituents is 1. The second kappa shape index (κ2) is 9.13. The molecule has 2 aromatic rings. The third-order valence-corrected chi connectivity index (χ3v) is 3.86. The Balaban J connectivity index is 2.16. The Bertz CT molecular complexity index is 837. The van der Waals surface area contributed by atoms with Crippen molar-refractivity contribution in [1.29, 1.82) is 0 Å². The van der Waals surface area contributed by atoms with E-state index in [1.807, 2.05) is 6.92 Å². The molecule has 1 N–H and O–H groups in total. The fourth-order valence-corrected chi connectivity index (χ4v) is 2.74. The largest absolute Gasteiger partial charge is 0.490 e. The number of carbonyl (C=O) groups is 1. The van der Waals surface area contributed by atoms with Gasteiger partial charge in [-0.15, -0.1) is 0 Å². The average molecular weight is 469 g/mol. The van der Waals surface area contributed by atoms with E-state index in [1.54, 1.807) is 30.5 Å². The predicted octanol–water partition coefficient (Wildman–Crippen LogP) is 3.97. The Morgan fingerprint density at radius 3 is 2.62 bits per heavy atom. The van der Waals surface area contributed by atoms with Gasteiger partial charge < -0.3 is 9.47 Å². The summed E-state index contributed by atoms with van der Waals surface area (Å²) < 4.78 is 11.4. The third kappa shape index (κ3) is 5.41. The van der Waals surface area contributed by atoms with E-state index >= 15 is 0 Å². The zero-order valence-electron chi connectivity index (χ0n) is 14.1. The highest BCUT2D eigenvalue weighted by molar-refractivity contribution is 14.1. The molecule has 0 unspecified atom stereocenters. The molecule has 0 aliphatic carbocycles. The summed E-state index contributed by atoms with van der Waals surface area (Å²) >= 11 is 2.05. The Morgan fingerprint density at radius 1 is 1.35 bits per heavy atom. The number of ether oxygens (including phenoxy) is 2. The van der Waals surface area contributed by atoms with E-state index in [2.05, 4.69) is 33.1 Å². The molecule has 0 saturated heterocycles. The van der Waals surface area contributed by atoms with Gasteiger partial charge >= 0.3 is 5.97 Å². The number of hydrazone groups is 1. The second-order valence-electron chi connectivity index (χ2n) is 5.03. The van der Waals surface area contributed by atoms with Crippen molar-refractivity contribution in [2.24, 2.45) is 5.10 Å². The molecule has 0 heterocycles. The van der Waals surface area contributed by atoms with Gasteiger partial charge in [-0.25, -0.2) is 0 Å². The number of hydrogen-bond donors (Lipinski definition) is 1. The van der Waals surface area contributed by atoms with Crippen LogP contribution in [0.15, 0.2) is 41.5 Å². The number of anilines is 1. The van der Waals surface area contributed by atoms with Crippen molar-refractivity contribution in [3.63, 3.8) is 0 Å². The SMILES string of the molecule is CCOc1cc(/C=N\Nc2ccc([N+](=O)[O-])cc2)cc(I)c1OC(C)=O. The first-order chi connectivity index (χ1) is 12.4. The van der Waals surface area contributed by atoms with Crippen molar-refractivity contribution in [1.82, 2.24) is 0 Å². The third-order valence-electron chi connectivity index (χ3n) is 3.06. The van der Waals surface area contributed by atoms with Gasteiger partial charge in [-0.2, -0.15) is 5.10 Å². The minimum absolute atomic E-state index is 0.0106. The minimum atomic E-state index is -0.463. The number of benzene rings is 2. The highest BCUT2D eigenvalue weighted by Gasteiger charge is 2.13. The maximum Gasteiger partial charge on any atom is 0.308 e. The van der Waals surface area contributed by atoms with Crippen molar-refractivity contribution in [3.05, 3.63) is 55.6 Å². The number of rotatable bonds is 7. The summed E-state index contributed by atoms with van der Waals surface area (Å²) in [6.45, 7) is 3.59. The van der Waals surface area contributed by atoms with Gasteiger partial charge in [0.15, 0.2) is 11.5 Å². The van der Waals surface area contributed by atoms with Crippen molar-refractivity contribution >= 4 is 46.1 Å². The van der Waals surface area contributed by atoms with Crippen LogP contribution in [0.1, 0.15) is 19.4 Å². The van der Waals surface area contributed by atoms with Gasteiger partial charge in [0.05, 0.1) is 27.0 Å². The molecule has 136 valence electrons. The van der Waals surface area contributed by atoms with Crippen molar-refractivity contribution in [3.8, 4) is 11.5 Å². The average Bonchev–Trinajstić information content (AvgIpc) is 2.58. The van der Waals surface area contributed by atoms with E-state index in [0.29, 0.717) is 27.4 Å². The molecule has 0 aromatic heterocycles. The lowest BCUT2D eigenvalue weighted by atomic mass is 10.2. The lowest BCUT2D eigenvalue weighted by molar-refractivity contribution is -0.384. The van der Waals surface area contributed by atoms with Gasteiger partial charge in [0.2, 0.25) is 0 Å². The number of hydrogen-bond acceptors (Lipinski definition) is 7. The van der Waals surface area contributed by atoms with E-state index in [0.717, 1.165) is 5.56 Å². The van der Waals surface area contributed by atoms with Crippen molar-refractivity contribution < 1.29 is 19.2 Å². The van der Waals surface area contributed by atoms with E-state index in [9.17, 15) is 14.9 Å². The molecule has 0 saturated carbocycles. The Hall–Kier alpha value is -2.69. The molecule has 0 aliphatic heterocycles. The summed E-state index contributed by atoms with van der Waals surface area (Å²) in [5, 5.41) is 14.7. The molecule has 8 nitrogen and oxygen atoms in total. The molecular formula is C17H16IN3O5. The van der Waals surface area contributed by atoms with Crippen LogP contribution in [-0.4, -0.2) is 23.7 Å². The number of nitrogens with one attached hydrogen (secondary N) is 1. The van der Waals surface area contributed by atoms with Crippen LogP contribution in [0.25, 0.3) is 0 Å². The lowest BCUT2D eigenvalue weighted by Crippen LogP contribution is -2.06. The Labute approximate surface area is 163 Å². The molecule has 0 bridgehead atoms. The molecule has 0 atom stereocenters. The van der Waals surface area contributed by atoms with Gasteiger partial charge in [-0.3, -0.25) is 20.3 Å². The number of nitro groups is 1. The van der Waals surface area contributed by atoms with Crippen LogP contribution in [0, 0.1) is 13.7 Å². The van der Waals surface area contributed by atoms with Gasteiger partial charge in [0, 0.05) is 19.1 Å². The summed E-state index contributed by atoms with van der Waals surface area (Å²) in [7, 11) is 0. The Morgan fingerprint density at radius 2 is 2.04 bits per heavy atom. The van der Waals surface area contributed by atoms with Gasteiger partial charge in [-0.1, -0.05) is 0 Å². The fourth-order valence-electron chi connectivity index (χ4n) is 2.01. The predicted molar refractivity (Wildman–Crippen MR) is 106 cm³/mol. The van der Waals surface area contributed by atoms with Crippen LogP contribution in [0.2, 0.25) is 0 Å². The maximum absolute atomic E-state index is 11.2. The summed E-state index contributed by atoms with van der Waals surface area (Å²) in [5.74, 6) is 0.400. The first kappa shape index (κ1) is 19.6. The molecule has 0 amide bonds. The molecule has 0 spiro atoms. The van der Waals surface area contributed by atoms with E-state index in [-0.39, 0.29) is 5.69 Å². The van der Waals surface area contributed by atoms with Crippen LogP contribution in [0.4, 0.5) is 11.4 Å². The lowest BCUT2D eigenvalue weighted by Gasteiger charge is -2.12. The molecule has 0 fully saturated rings. The van der Waals surface area contributed by atoms with E-state index in [1.165, 1.54) is 19.1 Å². The molecule has 0 aliphatic rings. The first-order valence-corrected chi connectivity index (χ1v) is 8.67. The van der Waals surface area contributed by atoms with E-state index < -0.39 is 10.9 Å². The number of halogens is 1. The molecule has 2 aromatic carbocycles.